The molecule has 2 aromatic rings. The van der Waals surface area contributed by atoms with Gasteiger partial charge in [0.05, 0.1) is 12.7 Å². The predicted octanol–water partition coefficient (Wildman–Crippen LogP) is 4.95. The van der Waals surface area contributed by atoms with Crippen LogP contribution in [0.25, 0.3) is 0 Å². The number of rotatable bonds is 10. The number of benzene rings is 2. The minimum absolute atomic E-state index is 0.0268. The summed E-state index contributed by atoms with van der Waals surface area (Å²) in [6.07, 6.45) is 0.648. The SMILES string of the molecule is COC[C@H](C)Oc1cc(O[C@@H](C)Cc2ccccc2)cc(C(=O)C(C)C)c1. The van der Waals surface area contributed by atoms with E-state index in [1.165, 1.54) is 5.56 Å². The lowest BCUT2D eigenvalue weighted by Crippen LogP contribution is -2.19. The van der Waals surface area contributed by atoms with Gasteiger partial charge in [0, 0.05) is 31.1 Å². The van der Waals surface area contributed by atoms with Crippen molar-refractivity contribution >= 4 is 5.78 Å². The normalized spacial score (nSPS) is 13.3. The van der Waals surface area contributed by atoms with E-state index in [0.717, 1.165) is 6.42 Å². The number of hydrogen-bond acceptors (Lipinski definition) is 4. The third-order valence-corrected chi connectivity index (χ3v) is 4.13. The number of ketones is 1. The van der Waals surface area contributed by atoms with Crippen molar-refractivity contribution in [2.45, 2.75) is 46.3 Å². The van der Waals surface area contributed by atoms with Crippen molar-refractivity contribution in [3.05, 3.63) is 59.7 Å². The maximum atomic E-state index is 12.5. The van der Waals surface area contributed by atoms with Crippen molar-refractivity contribution < 1.29 is 19.0 Å². The summed E-state index contributed by atoms with van der Waals surface area (Å²) in [5.74, 6) is 1.24. The van der Waals surface area contributed by atoms with Crippen molar-refractivity contribution in [2.24, 2.45) is 5.92 Å². The van der Waals surface area contributed by atoms with Gasteiger partial charge in [-0.3, -0.25) is 4.79 Å². The molecule has 146 valence electrons. The van der Waals surface area contributed by atoms with E-state index >= 15 is 0 Å². The summed E-state index contributed by atoms with van der Waals surface area (Å²) in [7, 11) is 1.64. The molecule has 2 atom stereocenters. The third kappa shape index (κ3) is 6.72. The van der Waals surface area contributed by atoms with Gasteiger partial charge in [0.1, 0.15) is 17.6 Å². The zero-order chi connectivity index (χ0) is 19.8. The lowest BCUT2D eigenvalue weighted by molar-refractivity contribution is 0.0903. The van der Waals surface area contributed by atoms with E-state index in [4.69, 9.17) is 14.2 Å². The van der Waals surface area contributed by atoms with Gasteiger partial charge in [0.15, 0.2) is 5.78 Å². The maximum absolute atomic E-state index is 12.5. The minimum Gasteiger partial charge on any atom is -0.490 e. The van der Waals surface area contributed by atoms with Gasteiger partial charge in [-0.15, -0.1) is 0 Å². The largest absolute Gasteiger partial charge is 0.490 e. The van der Waals surface area contributed by atoms with Gasteiger partial charge < -0.3 is 14.2 Å². The highest BCUT2D eigenvalue weighted by molar-refractivity contribution is 5.98. The van der Waals surface area contributed by atoms with Crippen LogP contribution in [0.15, 0.2) is 48.5 Å². The summed E-state index contributed by atoms with van der Waals surface area (Å²) in [6, 6.07) is 15.6. The Bertz CT molecular complexity index is 724. The average molecular weight is 370 g/mol. The first-order valence-electron chi connectivity index (χ1n) is 9.44. The van der Waals surface area contributed by atoms with Crippen molar-refractivity contribution in [2.75, 3.05) is 13.7 Å². The van der Waals surface area contributed by atoms with Gasteiger partial charge in [-0.1, -0.05) is 44.2 Å². The van der Waals surface area contributed by atoms with Gasteiger partial charge in [-0.2, -0.15) is 0 Å². The van der Waals surface area contributed by atoms with Crippen LogP contribution in [0.5, 0.6) is 11.5 Å². The Balaban J connectivity index is 2.19. The Morgan fingerprint density at radius 1 is 0.889 bits per heavy atom. The van der Waals surface area contributed by atoms with E-state index < -0.39 is 0 Å². The summed E-state index contributed by atoms with van der Waals surface area (Å²) in [4.78, 5) is 12.5. The first-order chi connectivity index (χ1) is 12.9. The molecule has 0 saturated heterocycles. The fraction of sp³-hybridized carbons (Fsp3) is 0.435. The van der Waals surface area contributed by atoms with E-state index in [2.05, 4.69) is 12.1 Å². The zero-order valence-corrected chi connectivity index (χ0v) is 16.9. The Morgan fingerprint density at radius 3 is 2.04 bits per heavy atom. The molecule has 0 bridgehead atoms. The first kappa shape index (κ1) is 21.0. The minimum atomic E-state index is -0.117. The Kier molecular flexibility index (Phi) is 7.86. The molecule has 0 aliphatic rings. The van der Waals surface area contributed by atoms with Gasteiger partial charge in [-0.25, -0.2) is 0 Å². The molecule has 0 fully saturated rings. The maximum Gasteiger partial charge on any atom is 0.165 e. The molecule has 4 heteroatoms. The fourth-order valence-corrected chi connectivity index (χ4v) is 2.90. The molecule has 0 spiro atoms. The molecule has 27 heavy (non-hydrogen) atoms. The molecular formula is C23H30O4. The monoisotopic (exact) mass is 370 g/mol. The molecule has 0 unspecified atom stereocenters. The molecule has 0 N–H and O–H groups in total. The molecule has 0 radical (unpaired) electrons. The number of Topliss-reactive ketones (excluding diaryl/α,β-unsaturated/α-hetero) is 1. The highest BCUT2D eigenvalue weighted by Gasteiger charge is 2.16. The molecule has 0 amide bonds. The number of carbonyl (C=O) groups is 1. The van der Waals surface area contributed by atoms with Gasteiger partial charge in [-0.05, 0) is 31.5 Å². The van der Waals surface area contributed by atoms with Crippen LogP contribution in [0.3, 0.4) is 0 Å². The summed E-state index contributed by atoms with van der Waals surface area (Å²) in [5.41, 5.74) is 1.82. The van der Waals surface area contributed by atoms with Crippen molar-refractivity contribution in [3.63, 3.8) is 0 Å². The van der Waals surface area contributed by atoms with Crippen LogP contribution in [0.1, 0.15) is 43.6 Å². The number of hydrogen-bond donors (Lipinski definition) is 0. The molecular weight excluding hydrogens is 340 g/mol. The standard InChI is InChI=1S/C23H30O4/c1-16(2)23(24)20-12-21(14-22(13-20)27-18(4)15-25-5)26-17(3)11-19-9-7-6-8-10-19/h6-10,12-14,16-18H,11,15H2,1-5H3/t17-,18-/m0/s1. The number of methoxy groups -OCH3 is 1. The first-order valence-corrected chi connectivity index (χ1v) is 9.44. The molecule has 0 aliphatic carbocycles. The molecule has 2 rings (SSSR count). The zero-order valence-electron chi connectivity index (χ0n) is 16.9. The van der Waals surface area contributed by atoms with E-state index in [0.29, 0.717) is 23.7 Å². The van der Waals surface area contributed by atoms with Crippen LogP contribution < -0.4 is 9.47 Å². The van der Waals surface area contributed by atoms with Crippen LogP contribution in [0.2, 0.25) is 0 Å². The topological polar surface area (TPSA) is 44.8 Å². The quantitative estimate of drug-likeness (QED) is 0.555. The van der Waals surface area contributed by atoms with Gasteiger partial charge in [0.2, 0.25) is 0 Å². The highest BCUT2D eigenvalue weighted by atomic mass is 16.5. The Labute approximate surface area is 162 Å². The highest BCUT2D eigenvalue weighted by Crippen LogP contribution is 2.27. The summed E-state index contributed by atoms with van der Waals surface area (Å²) in [6.45, 7) is 8.21. The molecule has 2 aromatic carbocycles. The molecule has 0 heterocycles. The number of ether oxygens (including phenoxy) is 3. The average Bonchev–Trinajstić information content (AvgIpc) is 2.61. The van der Waals surface area contributed by atoms with Crippen LogP contribution in [0, 0.1) is 5.92 Å². The Morgan fingerprint density at radius 2 is 1.48 bits per heavy atom. The van der Waals surface area contributed by atoms with Crippen LogP contribution in [0.4, 0.5) is 0 Å². The van der Waals surface area contributed by atoms with E-state index in [1.807, 2.05) is 52.0 Å². The smallest absolute Gasteiger partial charge is 0.165 e. The van der Waals surface area contributed by atoms with Crippen molar-refractivity contribution in [1.82, 2.24) is 0 Å². The van der Waals surface area contributed by atoms with Crippen molar-refractivity contribution in [1.29, 1.82) is 0 Å². The molecule has 4 nitrogen and oxygen atoms in total. The predicted molar refractivity (Wildman–Crippen MR) is 108 cm³/mol. The molecule has 0 saturated carbocycles. The summed E-state index contributed by atoms with van der Waals surface area (Å²) >= 11 is 0. The van der Waals surface area contributed by atoms with Crippen LogP contribution >= 0.6 is 0 Å². The molecule has 0 aliphatic heterocycles. The lowest BCUT2D eigenvalue weighted by atomic mass is 10.0. The van der Waals surface area contributed by atoms with Crippen LogP contribution in [-0.2, 0) is 11.2 Å². The lowest BCUT2D eigenvalue weighted by Gasteiger charge is -2.19. The van der Waals surface area contributed by atoms with E-state index in [1.54, 1.807) is 19.2 Å². The Hall–Kier alpha value is -2.33. The van der Waals surface area contributed by atoms with Crippen molar-refractivity contribution in [3.8, 4) is 11.5 Å². The molecule has 0 aromatic heterocycles. The van der Waals surface area contributed by atoms with Gasteiger partial charge in [0.25, 0.3) is 0 Å². The third-order valence-electron chi connectivity index (χ3n) is 4.13. The number of carbonyl (C=O) groups excluding carboxylic acids is 1. The van der Waals surface area contributed by atoms with Crippen LogP contribution in [-0.4, -0.2) is 31.7 Å². The van der Waals surface area contributed by atoms with E-state index in [9.17, 15) is 4.79 Å². The second-order valence-corrected chi connectivity index (χ2v) is 7.21. The van der Waals surface area contributed by atoms with Gasteiger partial charge >= 0.3 is 0 Å². The summed E-state index contributed by atoms with van der Waals surface area (Å²) in [5, 5.41) is 0. The summed E-state index contributed by atoms with van der Waals surface area (Å²) < 4.78 is 17.1. The van der Waals surface area contributed by atoms with E-state index in [-0.39, 0.29) is 23.9 Å². The second kappa shape index (κ2) is 10.1. The second-order valence-electron chi connectivity index (χ2n) is 7.21. The fourth-order valence-electron chi connectivity index (χ4n) is 2.90.